The van der Waals surface area contributed by atoms with Crippen molar-refractivity contribution in [3.05, 3.63) is 29.8 Å². The zero-order chi connectivity index (χ0) is 15.0. The van der Waals surface area contributed by atoms with Crippen LogP contribution in [0.3, 0.4) is 0 Å². The first-order chi connectivity index (χ1) is 9.58. The van der Waals surface area contributed by atoms with Crippen molar-refractivity contribution in [3.63, 3.8) is 0 Å². The van der Waals surface area contributed by atoms with Crippen molar-refractivity contribution >= 4 is 11.9 Å². The zero-order valence-corrected chi connectivity index (χ0v) is 12.0. The normalized spacial score (nSPS) is 10.1. The van der Waals surface area contributed by atoms with Gasteiger partial charge in [0.15, 0.2) is 0 Å². The van der Waals surface area contributed by atoms with Crippen molar-refractivity contribution in [1.82, 2.24) is 4.90 Å². The molecule has 20 heavy (non-hydrogen) atoms. The van der Waals surface area contributed by atoms with E-state index in [1.807, 2.05) is 13.8 Å². The zero-order valence-electron chi connectivity index (χ0n) is 12.0. The van der Waals surface area contributed by atoms with E-state index in [1.165, 1.54) is 4.90 Å². The number of nitrogens with zero attached hydrogens (tertiary/aromatic N) is 1. The predicted molar refractivity (Wildman–Crippen MR) is 76.1 cm³/mol. The van der Waals surface area contributed by atoms with Crippen LogP contribution in [0.25, 0.3) is 0 Å². The summed E-state index contributed by atoms with van der Waals surface area (Å²) in [5.41, 5.74) is 0.476. The lowest BCUT2D eigenvalue weighted by Crippen LogP contribution is -2.36. The first-order valence-electron chi connectivity index (χ1n) is 6.82. The highest BCUT2D eigenvalue weighted by atomic mass is 16.5. The third-order valence-corrected chi connectivity index (χ3v) is 2.68. The molecule has 0 atom stereocenters. The molecule has 0 fully saturated rings. The van der Waals surface area contributed by atoms with Gasteiger partial charge in [0.1, 0.15) is 12.3 Å². The molecule has 0 aliphatic heterocycles. The SMILES string of the molecule is CCCOc1ccc(C(=O)N(CCC)CC(=O)O)cc1. The van der Waals surface area contributed by atoms with Crippen LogP contribution in [0.2, 0.25) is 0 Å². The van der Waals surface area contributed by atoms with Crippen molar-refractivity contribution in [3.8, 4) is 5.75 Å². The number of carbonyl (C=O) groups excluding carboxylic acids is 1. The number of carboxylic acid groups (broad SMARTS) is 1. The second-order valence-electron chi connectivity index (χ2n) is 4.49. The highest BCUT2D eigenvalue weighted by Crippen LogP contribution is 2.14. The number of hydrogen-bond acceptors (Lipinski definition) is 3. The number of amides is 1. The number of carbonyl (C=O) groups is 2. The molecule has 1 amide bonds. The van der Waals surface area contributed by atoms with Gasteiger partial charge in [-0.15, -0.1) is 0 Å². The Morgan fingerprint density at radius 3 is 2.30 bits per heavy atom. The molecule has 110 valence electrons. The third-order valence-electron chi connectivity index (χ3n) is 2.68. The predicted octanol–water partition coefficient (Wildman–Crippen LogP) is 2.41. The van der Waals surface area contributed by atoms with Crippen molar-refractivity contribution < 1.29 is 19.4 Å². The fourth-order valence-corrected chi connectivity index (χ4v) is 1.78. The summed E-state index contributed by atoms with van der Waals surface area (Å²) in [6, 6.07) is 6.79. The van der Waals surface area contributed by atoms with Crippen LogP contribution in [-0.2, 0) is 4.79 Å². The fourth-order valence-electron chi connectivity index (χ4n) is 1.78. The number of hydrogen-bond donors (Lipinski definition) is 1. The maximum atomic E-state index is 12.2. The van der Waals surface area contributed by atoms with Gasteiger partial charge in [-0.3, -0.25) is 9.59 Å². The van der Waals surface area contributed by atoms with E-state index in [1.54, 1.807) is 24.3 Å². The van der Waals surface area contributed by atoms with Crippen LogP contribution >= 0.6 is 0 Å². The Hall–Kier alpha value is -2.04. The standard InChI is InChI=1S/C15H21NO4/c1-3-9-16(11-14(17)18)15(19)12-5-7-13(8-6-12)20-10-4-2/h5-8H,3-4,9-11H2,1-2H3,(H,17,18). The molecule has 0 aromatic heterocycles. The molecule has 1 N–H and O–H groups in total. The largest absolute Gasteiger partial charge is 0.494 e. The molecule has 0 saturated heterocycles. The van der Waals surface area contributed by atoms with Gasteiger partial charge in [0.05, 0.1) is 6.61 Å². The summed E-state index contributed by atoms with van der Waals surface area (Å²) < 4.78 is 5.44. The number of benzene rings is 1. The van der Waals surface area contributed by atoms with Gasteiger partial charge in [-0.2, -0.15) is 0 Å². The van der Waals surface area contributed by atoms with Crippen molar-refractivity contribution in [1.29, 1.82) is 0 Å². The highest BCUT2D eigenvalue weighted by Gasteiger charge is 2.17. The summed E-state index contributed by atoms with van der Waals surface area (Å²) in [4.78, 5) is 24.3. The van der Waals surface area contributed by atoms with E-state index in [-0.39, 0.29) is 12.5 Å². The third kappa shape index (κ3) is 4.91. The molecule has 0 aliphatic rings. The van der Waals surface area contributed by atoms with Gasteiger partial charge in [-0.25, -0.2) is 0 Å². The Morgan fingerprint density at radius 2 is 1.80 bits per heavy atom. The van der Waals surface area contributed by atoms with Crippen LogP contribution in [0, 0.1) is 0 Å². The molecule has 0 spiro atoms. The van der Waals surface area contributed by atoms with Gasteiger partial charge in [0.25, 0.3) is 5.91 Å². The van der Waals surface area contributed by atoms with Crippen LogP contribution in [0.5, 0.6) is 5.75 Å². The van der Waals surface area contributed by atoms with Gasteiger partial charge in [0.2, 0.25) is 0 Å². The van der Waals surface area contributed by atoms with E-state index in [0.717, 1.165) is 12.8 Å². The fraction of sp³-hybridized carbons (Fsp3) is 0.467. The van der Waals surface area contributed by atoms with Crippen LogP contribution in [0.4, 0.5) is 0 Å². The average Bonchev–Trinajstić information content (AvgIpc) is 2.44. The van der Waals surface area contributed by atoms with Gasteiger partial charge in [-0.1, -0.05) is 13.8 Å². The highest BCUT2D eigenvalue weighted by molar-refractivity contribution is 5.95. The molecule has 0 saturated carbocycles. The summed E-state index contributed by atoms with van der Waals surface area (Å²) in [6.45, 7) is 4.71. The second-order valence-corrected chi connectivity index (χ2v) is 4.49. The smallest absolute Gasteiger partial charge is 0.323 e. The van der Waals surface area contributed by atoms with Gasteiger partial charge < -0.3 is 14.7 Å². The summed E-state index contributed by atoms with van der Waals surface area (Å²) in [6.07, 6.45) is 1.64. The molecule has 0 radical (unpaired) electrons. The molecule has 0 unspecified atom stereocenters. The second kappa shape index (κ2) is 8.19. The molecule has 1 aromatic rings. The molecule has 0 bridgehead atoms. The Morgan fingerprint density at radius 1 is 1.15 bits per heavy atom. The number of carboxylic acids is 1. The topological polar surface area (TPSA) is 66.8 Å². The Kier molecular flexibility index (Phi) is 6.56. The van der Waals surface area contributed by atoms with Gasteiger partial charge >= 0.3 is 5.97 Å². The number of aliphatic carboxylic acids is 1. The van der Waals surface area contributed by atoms with Crippen LogP contribution in [0.1, 0.15) is 37.0 Å². The molecular weight excluding hydrogens is 258 g/mol. The maximum absolute atomic E-state index is 12.2. The molecule has 5 heteroatoms. The van der Waals surface area contributed by atoms with Gasteiger partial charge in [0, 0.05) is 12.1 Å². The average molecular weight is 279 g/mol. The molecule has 1 aromatic carbocycles. The van der Waals surface area contributed by atoms with E-state index in [0.29, 0.717) is 24.5 Å². The van der Waals surface area contributed by atoms with E-state index >= 15 is 0 Å². The monoisotopic (exact) mass is 279 g/mol. The first-order valence-corrected chi connectivity index (χ1v) is 6.82. The summed E-state index contributed by atoms with van der Waals surface area (Å²) in [7, 11) is 0. The molecular formula is C15H21NO4. The Bertz CT molecular complexity index is 442. The van der Waals surface area contributed by atoms with Gasteiger partial charge in [-0.05, 0) is 37.1 Å². The van der Waals surface area contributed by atoms with Crippen molar-refractivity contribution in [2.24, 2.45) is 0 Å². The lowest BCUT2D eigenvalue weighted by Gasteiger charge is -2.20. The summed E-state index contributed by atoms with van der Waals surface area (Å²) in [5.74, 6) is -0.560. The van der Waals surface area contributed by atoms with E-state index < -0.39 is 5.97 Å². The molecule has 0 heterocycles. The van der Waals surface area contributed by atoms with Crippen LogP contribution in [-0.4, -0.2) is 41.6 Å². The minimum absolute atomic E-state index is 0.267. The molecule has 0 aliphatic carbocycles. The van der Waals surface area contributed by atoms with Crippen LogP contribution < -0.4 is 4.74 Å². The number of ether oxygens (including phenoxy) is 1. The Labute approximate surface area is 119 Å². The quantitative estimate of drug-likeness (QED) is 0.793. The van der Waals surface area contributed by atoms with E-state index in [2.05, 4.69) is 0 Å². The van der Waals surface area contributed by atoms with E-state index in [9.17, 15) is 9.59 Å². The molecule has 1 rings (SSSR count). The number of rotatable bonds is 8. The maximum Gasteiger partial charge on any atom is 0.323 e. The molecule has 5 nitrogen and oxygen atoms in total. The summed E-state index contributed by atoms with van der Waals surface area (Å²) >= 11 is 0. The lowest BCUT2D eigenvalue weighted by atomic mass is 10.2. The van der Waals surface area contributed by atoms with Crippen molar-refractivity contribution in [2.75, 3.05) is 19.7 Å². The van der Waals surface area contributed by atoms with E-state index in [4.69, 9.17) is 9.84 Å². The summed E-state index contributed by atoms with van der Waals surface area (Å²) in [5, 5.41) is 8.83. The van der Waals surface area contributed by atoms with Crippen LogP contribution in [0.15, 0.2) is 24.3 Å². The first kappa shape index (κ1) is 16.0. The minimum Gasteiger partial charge on any atom is -0.494 e. The Balaban J connectivity index is 2.75. The van der Waals surface area contributed by atoms with Crippen molar-refractivity contribution in [2.45, 2.75) is 26.7 Å². The minimum atomic E-state index is -1.00. The lowest BCUT2D eigenvalue weighted by molar-refractivity contribution is -0.137.